The molecule has 0 fully saturated rings. The van der Waals surface area contributed by atoms with Crippen LogP contribution < -0.4 is 5.32 Å². The molecule has 1 heterocycles. The molecule has 0 spiro atoms. The normalized spacial score (nSPS) is 9.79. The summed E-state index contributed by atoms with van der Waals surface area (Å²) in [6.45, 7) is 0. The van der Waals surface area contributed by atoms with E-state index in [-0.39, 0.29) is 5.91 Å². The first-order valence-electron chi connectivity index (χ1n) is 4.46. The predicted octanol–water partition coefficient (Wildman–Crippen LogP) is 1.98. The van der Waals surface area contributed by atoms with E-state index in [4.69, 9.17) is 0 Å². The van der Waals surface area contributed by atoms with E-state index >= 15 is 0 Å². The zero-order valence-corrected chi connectivity index (χ0v) is 9.33. The summed E-state index contributed by atoms with van der Waals surface area (Å²) in [6, 6.07) is 1.71. The minimum Gasteiger partial charge on any atom is -0.295 e. The second kappa shape index (κ2) is 6.48. The van der Waals surface area contributed by atoms with Gasteiger partial charge in [0.15, 0.2) is 0 Å². The highest BCUT2D eigenvalue weighted by atomic mass is 79.9. The molecule has 0 saturated heterocycles. The summed E-state index contributed by atoms with van der Waals surface area (Å²) >= 11 is 3.31. The number of nitrogens with zero attached hydrogens (tertiary/aromatic N) is 2. The first kappa shape index (κ1) is 11.1. The number of alkyl halides is 1. The van der Waals surface area contributed by atoms with Gasteiger partial charge in [0, 0.05) is 24.1 Å². The molecule has 0 saturated carbocycles. The van der Waals surface area contributed by atoms with E-state index in [0.717, 1.165) is 18.2 Å². The summed E-state index contributed by atoms with van der Waals surface area (Å²) in [5.41, 5.74) is 0. The van der Waals surface area contributed by atoms with Gasteiger partial charge in [-0.25, -0.2) is 9.97 Å². The molecule has 1 N–H and O–H groups in total. The van der Waals surface area contributed by atoms with Crippen molar-refractivity contribution in [1.82, 2.24) is 9.97 Å². The van der Waals surface area contributed by atoms with Crippen LogP contribution in [0.3, 0.4) is 0 Å². The maximum atomic E-state index is 11.3. The number of carbonyl (C=O) groups is 1. The first-order chi connectivity index (χ1) is 6.83. The van der Waals surface area contributed by atoms with Gasteiger partial charge in [0.2, 0.25) is 11.9 Å². The maximum Gasteiger partial charge on any atom is 0.229 e. The summed E-state index contributed by atoms with van der Waals surface area (Å²) in [7, 11) is 0. The SMILES string of the molecule is O=C(CCCCBr)Nc1ncccn1. The van der Waals surface area contributed by atoms with Gasteiger partial charge >= 0.3 is 0 Å². The number of nitrogens with one attached hydrogen (secondary N) is 1. The molecular formula is C9H12BrN3O. The van der Waals surface area contributed by atoms with Crippen LogP contribution in [0, 0.1) is 0 Å². The van der Waals surface area contributed by atoms with E-state index in [9.17, 15) is 4.79 Å². The molecule has 0 aromatic carbocycles. The summed E-state index contributed by atoms with van der Waals surface area (Å²) in [5.74, 6) is 0.341. The molecule has 1 amide bonds. The molecule has 4 nitrogen and oxygen atoms in total. The number of rotatable bonds is 5. The van der Waals surface area contributed by atoms with Gasteiger partial charge in [-0.05, 0) is 18.9 Å². The van der Waals surface area contributed by atoms with Gasteiger partial charge in [-0.2, -0.15) is 0 Å². The van der Waals surface area contributed by atoms with E-state index < -0.39 is 0 Å². The van der Waals surface area contributed by atoms with Crippen molar-refractivity contribution in [3.63, 3.8) is 0 Å². The average Bonchev–Trinajstić information content (AvgIpc) is 2.20. The van der Waals surface area contributed by atoms with Crippen LogP contribution in [0.5, 0.6) is 0 Å². The van der Waals surface area contributed by atoms with Crippen LogP contribution in [0.1, 0.15) is 19.3 Å². The fraction of sp³-hybridized carbons (Fsp3) is 0.444. The zero-order chi connectivity index (χ0) is 10.2. The van der Waals surface area contributed by atoms with Crippen molar-refractivity contribution in [2.75, 3.05) is 10.6 Å². The second-order valence-electron chi connectivity index (χ2n) is 2.77. The molecule has 0 bridgehead atoms. The van der Waals surface area contributed by atoms with Crippen LogP contribution in [0.2, 0.25) is 0 Å². The van der Waals surface area contributed by atoms with Crippen molar-refractivity contribution in [3.05, 3.63) is 18.5 Å². The monoisotopic (exact) mass is 257 g/mol. The third-order valence-electron chi connectivity index (χ3n) is 1.60. The van der Waals surface area contributed by atoms with Crippen molar-refractivity contribution in [3.8, 4) is 0 Å². The number of halogens is 1. The average molecular weight is 258 g/mol. The molecule has 1 aromatic rings. The lowest BCUT2D eigenvalue weighted by Crippen LogP contribution is -2.13. The minimum absolute atomic E-state index is 0.0304. The van der Waals surface area contributed by atoms with E-state index in [1.807, 2.05) is 0 Å². The van der Waals surface area contributed by atoms with Crippen molar-refractivity contribution >= 4 is 27.8 Å². The van der Waals surface area contributed by atoms with E-state index in [1.165, 1.54) is 0 Å². The van der Waals surface area contributed by atoms with E-state index in [2.05, 4.69) is 31.2 Å². The quantitative estimate of drug-likeness (QED) is 0.649. The Morgan fingerprint density at radius 1 is 1.36 bits per heavy atom. The third kappa shape index (κ3) is 4.32. The van der Waals surface area contributed by atoms with E-state index in [1.54, 1.807) is 18.5 Å². The number of anilines is 1. The highest BCUT2D eigenvalue weighted by Crippen LogP contribution is 2.01. The lowest BCUT2D eigenvalue weighted by Gasteiger charge is -2.01. The lowest BCUT2D eigenvalue weighted by atomic mass is 10.2. The van der Waals surface area contributed by atoms with E-state index in [0.29, 0.717) is 12.4 Å². The summed E-state index contributed by atoms with van der Waals surface area (Å²) in [5, 5.41) is 3.56. The lowest BCUT2D eigenvalue weighted by molar-refractivity contribution is -0.116. The van der Waals surface area contributed by atoms with Crippen molar-refractivity contribution in [1.29, 1.82) is 0 Å². The van der Waals surface area contributed by atoms with Crippen molar-refractivity contribution in [2.45, 2.75) is 19.3 Å². The Morgan fingerprint density at radius 2 is 2.07 bits per heavy atom. The fourth-order valence-corrected chi connectivity index (χ4v) is 1.33. The second-order valence-corrected chi connectivity index (χ2v) is 3.56. The maximum absolute atomic E-state index is 11.3. The first-order valence-corrected chi connectivity index (χ1v) is 5.58. The van der Waals surface area contributed by atoms with Gasteiger partial charge in [0.1, 0.15) is 0 Å². The largest absolute Gasteiger partial charge is 0.295 e. The van der Waals surface area contributed by atoms with Crippen LogP contribution in [0.15, 0.2) is 18.5 Å². The summed E-state index contributed by atoms with van der Waals surface area (Å²) < 4.78 is 0. The molecule has 1 aromatic heterocycles. The molecule has 5 heteroatoms. The van der Waals surface area contributed by atoms with Crippen LogP contribution in [0.25, 0.3) is 0 Å². The van der Waals surface area contributed by atoms with Gasteiger partial charge < -0.3 is 0 Å². The molecule has 0 radical (unpaired) electrons. The topological polar surface area (TPSA) is 54.9 Å². The van der Waals surface area contributed by atoms with Gasteiger partial charge in [-0.15, -0.1) is 0 Å². The summed E-state index contributed by atoms with van der Waals surface area (Å²) in [4.78, 5) is 19.1. The number of aromatic nitrogens is 2. The van der Waals surface area contributed by atoms with Gasteiger partial charge in [-0.3, -0.25) is 10.1 Å². The number of hydrogen-bond donors (Lipinski definition) is 1. The number of amides is 1. The van der Waals surface area contributed by atoms with Crippen molar-refractivity contribution < 1.29 is 4.79 Å². The van der Waals surface area contributed by atoms with Crippen LogP contribution in [-0.4, -0.2) is 21.2 Å². The van der Waals surface area contributed by atoms with Crippen LogP contribution in [-0.2, 0) is 4.79 Å². The molecule has 0 aliphatic heterocycles. The molecule has 1 rings (SSSR count). The van der Waals surface area contributed by atoms with Gasteiger partial charge in [0.25, 0.3) is 0 Å². The number of carbonyl (C=O) groups excluding carboxylic acids is 1. The van der Waals surface area contributed by atoms with Crippen molar-refractivity contribution in [2.24, 2.45) is 0 Å². The van der Waals surface area contributed by atoms with Gasteiger partial charge in [0.05, 0.1) is 0 Å². The highest BCUT2D eigenvalue weighted by Gasteiger charge is 2.02. The predicted molar refractivity (Wildman–Crippen MR) is 58.3 cm³/mol. The van der Waals surface area contributed by atoms with Gasteiger partial charge in [-0.1, -0.05) is 15.9 Å². The number of hydrogen-bond acceptors (Lipinski definition) is 3. The summed E-state index contributed by atoms with van der Waals surface area (Å²) in [6.07, 6.45) is 5.60. The fourth-order valence-electron chi connectivity index (χ4n) is 0.931. The highest BCUT2D eigenvalue weighted by molar-refractivity contribution is 9.09. The standard InChI is InChI=1S/C9H12BrN3O/c10-5-2-1-4-8(14)13-9-11-6-3-7-12-9/h3,6-7H,1-2,4-5H2,(H,11,12,13,14). The molecule has 0 aliphatic carbocycles. The molecule has 0 aliphatic rings. The Morgan fingerprint density at radius 3 is 2.71 bits per heavy atom. The Kier molecular flexibility index (Phi) is 5.14. The Hall–Kier alpha value is -0.970. The van der Waals surface area contributed by atoms with Crippen LogP contribution in [0.4, 0.5) is 5.95 Å². The molecule has 14 heavy (non-hydrogen) atoms. The molecule has 76 valence electrons. The Bertz CT molecular complexity index is 279. The third-order valence-corrected chi connectivity index (χ3v) is 2.17. The Labute approximate surface area is 91.3 Å². The molecular weight excluding hydrogens is 246 g/mol. The minimum atomic E-state index is -0.0304. The molecule has 0 atom stereocenters. The molecule has 0 unspecified atom stereocenters. The Balaban J connectivity index is 2.27. The number of unbranched alkanes of at least 4 members (excludes halogenated alkanes) is 1. The van der Waals surface area contributed by atoms with Crippen LogP contribution >= 0.6 is 15.9 Å². The smallest absolute Gasteiger partial charge is 0.229 e. The zero-order valence-electron chi connectivity index (χ0n) is 7.74.